The molecule has 1 aromatic carbocycles. The van der Waals surface area contributed by atoms with Crippen LogP contribution in [0.1, 0.15) is 13.3 Å². The Hall–Kier alpha value is -1.97. The summed E-state index contributed by atoms with van der Waals surface area (Å²) in [5.41, 5.74) is 1.98. The van der Waals surface area contributed by atoms with Gasteiger partial charge in [-0.15, -0.1) is 0 Å². The van der Waals surface area contributed by atoms with E-state index in [0.29, 0.717) is 0 Å². The second kappa shape index (κ2) is 5.39. The van der Waals surface area contributed by atoms with Gasteiger partial charge in [-0.1, -0.05) is 19.1 Å². The summed E-state index contributed by atoms with van der Waals surface area (Å²) >= 11 is 0. The Kier molecular flexibility index (Phi) is 3.65. The third kappa shape index (κ3) is 2.58. The Labute approximate surface area is 101 Å². The van der Waals surface area contributed by atoms with Crippen LogP contribution in [0.2, 0.25) is 0 Å². The summed E-state index contributed by atoms with van der Waals surface area (Å²) in [6, 6.07) is 9.88. The van der Waals surface area contributed by atoms with E-state index >= 15 is 0 Å². The van der Waals surface area contributed by atoms with E-state index in [1.807, 2.05) is 30.3 Å². The molecule has 0 radical (unpaired) electrons. The molecule has 2 rings (SSSR count). The Morgan fingerprint density at radius 1 is 1.35 bits per heavy atom. The smallest absolute Gasteiger partial charge is 0.148 e. The van der Waals surface area contributed by atoms with Crippen LogP contribution in [-0.4, -0.2) is 23.9 Å². The minimum Gasteiger partial charge on any atom is -0.496 e. The summed E-state index contributed by atoms with van der Waals surface area (Å²) in [4.78, 5) is 0. The first-order valence-corrected chi connectivity index (χ1v) is 5.77. The molecule has 0 aliphatic heterocycles. The predicted molar refractivity (Wildman–Crippen MR) is 69.4 cm³/mol. The van der Waals surface area contributed by atoms with Crippen LogP contribution in [0.3, 0.4) is 0 Å². The summed E-state index contributed by atoms with van der Waals surface area (Å²) < 4.78 is 5.32. The molecule has 0 saturated carbocycles. The van der Waals surface area contributed by atoms with Crippen molar-refractivity contribution in [3.63, 3.8) is 0 Å². The maximum atomic E-state index is 5.32. The van der Waals surface area contributed by atoms with E-state index in [9.17, 15) is 0 Å². The average Bonchev–Trinajstić information content (AvgIpc) is 2.85. The number of nitrogens with zero attached hydrogens (tertiary/aromatic N) is 1. The minimum absolute atomic E-state index is 0.846. The average molecular weight is 231 g/mol. The van der Waals surface area contributed by atoms with Crippen molar-refractivity contribution in [3.8, 4) is 17.0 Å². The first-order chi connectivity index (χ1) is 8.35. The van der Waals surface area contributed by atoms with Crippen LogP contribution in [-0.2, 0) is 0 Å². The number of methoxy groups -OCH3 is 1. The van der Waals surface area contributed by atoms with Gasteiger partial charge in [-0.05, 0) is 18.6 Å². The van der Waals surface area contributed by atoms with Crippen LogP contribution in [0.5, 0.6) is 5.75 Å². The molecule has 0 saturated heterocycles. The lowest BCUT2D eigenvalue weighted by atomic mass is 10.1. The zero-order valence-electron chi connectivity index (χ0n) is 10.2. The van der Waals surface area contributed by atoms with Crippen LogP contribution >= 0.6 is 0 Å². The summed E-state index contributed by atoms with van der Waals surface area (Å²) in [5.74, 6) is 1.71. The van der Waals surface area contributed by atoms with Crippen LogP contribution in [0.4, 0.5) is 5.82 Å². The molecule has 0 atom stereocenters. The second-order valence-electron chi connectivity index (χ2n) is 3.79. The highest BCUT2D eigenvalue weighted by molar-refractivity contribution is 5.69. The molecule has 1 aromatic heterocycles. The quantitative estimate of drug-likeness (QED) is 0.831. The number of anilines is 1. The highest BCUT2D eigenvalue weighted by Crippen LogP contribution is 2.29. The largest absolute Gasteiger partial charge is 0.496 e. The zero-order chi connectivity index (χ0) is 12.1. The first kappa shape index (κ1) is 11.5. The highest BCUT2D eigenvalue weighted by Gasteiger charge is 2.07. The number of ether oxygens (including phenoxy) is 1. The van der Waals surface area contributed by atoms with Crippen LogP contribution in [0, 0.1) is 0 Å². The van der Waals surface area contributed by atoms with E-state index in [-0.39, 0.29) is 0 Å². The van der Waals surface area contributed by atoms with Crippen LogP contribution in [0.15, 0.2) is 30.3 Å². The number of rotatable bonds is 5. The topological polar surface area (TPSA) is 49.9 Å². The Morgan fingerprint density at radius 2 is 2.18 bits per heavy atom. The van der Waals surface area contributed by atoms with Crippen molar-refractivity contribution >= 4 is 5.82 Å². The molecule has 0 fully saturated rings. The van der Waals surface area contributed by atoms with Gasteiger partial charge in [0.15, 0.2) is 0 Å². The number of H-pyrrole nitrogens is 1. The van der Waals surface area contributed by atoms with E-state index in [4.69, 9.17) is 4.74 Å². The lowest BCUT2D eigenvalue weighted by Gasteiger charge is -2.05. The Balaban J connectivity index is 2.24. The van der Waals surface area contributed by atoms with Crippen molar-refractivity contribution < 1.29 is 4.74 Å². The fourth-order valence-electron chi connectivity index (χ4n) is 1.67. The molecule has 0 aliphatic rings. The molecule has 90 valence electrons. The molecule has 0 spiro atoms. The summed E-state index contributed by atoms with van der Waals surface area (Å²) in [5, 5.41) is 10.5. The van der Waals surface area contributed by atoms with E-state index in [0.717, 1.165) is 35.8 Å². The van der Waals surface area contributed by atoms with E-state index in [1.54, 1.807) is 7.11 Å². The van der Waals surface area contributed by atoms with E-state index in [2.05, 4.69) is 22.4 Å². The van der Waals surface area contributed by atoms with Gasteiger partial charge in [0.05, 0.1) is 12.8 Å². The molecule has 2 N–H and O–H groups in total. The Bertz CT molecular complexity index is 479. The first-order valence-electron chi connectivity index (χ1n) is 5.77. The van der Waals surface area contributed by atoms with Gasteiger partial charge in [0.25, 0.3) is 0 Å². The lowest BCUT2D eigenvalue weighted by Crippen LogP contribution is -1.99. The maximum absolute atomic E-state index is 5.32. The van der Waals surface area contributed by atoms with Crippen molar-refractivity contribution in [2.45, 2.75) is 13.3 Å². The van der Waals surface area contributed by atoms with Crippen LogP contribution < -0.4 is 10.1 Å². The van der Waals surface area contributed by atoms with Crippen molar-refractivity contribution in [2.24, 2.45) is 0 Å². The molecule has 4 nitrogen and oxygen atoms in total. The summed E-state index contributed by atoms with van der Waals surface area (Å²) in [7, 11) is 1.67. The Morgan fingerprint density at radius 3 is 2.94 bits per heavy atom. The minimum atomic E-state index is 0.846. The maximum Gasteiger partial charge on any atom is 0.148 e. The SMILES string of the molecule is CCCNc1cc(-c2ccccc2OC)[nH]n1. The van der Waals surface area contributed by atoms with Gasteiger partial charge in [0.1, 0.15) is 11.6 Å². The second-order valence-corrected chi connectivity index (χ2v) is 3.79. The standard InChI is InChI=1S/C13H17N3O/c1-3-8-14-13-9-11(15-16-13)10-6-4-5-7-12(10)17-2/h4-7,9H,3,8H2,1-2H3,(H2,14,15,16). The number of aromatic amines is 1. The molecule has 1 heterocycles. The number of para-hydroxylation sites is 1. The van der Waals surface area contributed by atoms with Gasteiger partial charge < -0.3 is 10.1 Å². The monoisotopic (exact) mass is 231 g/mol. The van der Waals surface area contributed by atoms with Crippen LogP contribution in [0.25, 0.3) is 11.3 Å². The number of hydrogen-bond donors (Lipinski definition) is 2. The molecular formula is C13H17N3O. The lowest BCUT2D eigenvalue weighted by molar-refractivity contribution is 0.416. The summed E-state index contributed by atoms with van der Waals surface area (Å²) in [6.45, 7) is 3.05. The zero-order valence-corrected chi connectivity index (χ0v) is 10.2. The molecular weight excluding hydrogens is 214 g/mol. The molecule has 0 unspecified atom stereocenters. The number of hydrogen-bond acceptors (Lipinski definition) is 3. The van der Waals surface area contributed by atoms with Crippen molar-refractivity contribution in [1.82, 2.24) is 10.2 Å². The third-order valence-electron chi connectivity index (χ3n) is 2.53. The van der Waals surface area contributed by atoms with Crippen molar-refractivity contribution in [1.29, 1.82) is 0 Å². The van der Waals surface area contributed by atoms with Crippen molar-refractivity contribution in [2.75, 3.05) is 19.0 Å². The van der Waals surface area contributed by atoms with Gasteiger partial charge in [-0.25, -0.2) is 0 Å². The molecule has 0 aliphatic carbocycles. The van der Waals surface area contributed by atoms with Gasteiger partial charge >= 0.3 is 0 Å². The normalized spacial score (nSPS) is 10.2. The molecule has 0 bridgehead atoms. The third-order valence-corrected chi connectivity index (χ3v) is 2.53. The molecule has 17 heavy (non-hydrogen) atoms. The number of benzene rings is 1. The summed E-state index contributed by atoms with van der Waals surface area (Å²) in [6.07, 6.45) is 1.08. The van der Waals surface area contributed by atoms with Gasteiger partial charge in [-0.3, -0.25) is 5.10 Å². The fraction of sp³-hybridized carbons (Fsp3) is 0.308. The fourth-order valence-corrected chi connectivity index (χ4v) is 1.67. The number of aromatic nitrogens is 2. The number of nitrogens with one attached hydrogen (secondary N) is 2. The van der Waals surface area contributed by atoms with E-state index < -0.39 is 0 Å². The van der Waals surface area contributed by atoms with Gasteiger partial charge in [-0.2, -0.15) is 5.10 Å². The predicted octanol–water partition coefficient (Wildman–Crippen LogP) is 2.91. The molecule has 0 amide bonds. The highest BCUT2D eigenvalue weighted by atomic mass is 16.5. The van der Waals surface area contributed by atoms with Gasteiger partial charge in [0.2, 0.25) is 0 Å². The molecule has 4 heteroatoms. The molecule has 2 aromatic rings. The van der Waals surface area contributed by atoms with Gasteiger partial charge in [0, 0.05) is 18.2 Å². The van der Waals surface area contributed by atoms with Crippen molar-refractivity contribution in [3.05, 3.63) is 30.3 Å². The van der Waals surface area contributed by atoms with E-state index in [1.165, 1.54) is 0 Å².